The highest BCUT2D eigenvalue weighted by molar-refractivity contribution is 5.97. The quantitative estimate of drug-likeness (QED) is 0.925. The van der Waals surface area contributed by atoms with E-state index in [1.54, 1.807) is 12.1 Å². The van der Waals surface area contributed by atoms with Gasteiger partial charge in [0, 0.05) is 18.7 Å². The molecule has 2 rings (SSSR count). The minimum Gasteiger partial charge on any atom is -0.341 e. The summed E-state index contributed by atoms with van der Waals surface area (Å²) in [5.41, 5.74) is 0.592. The molecule has 114 valence electrons. The van der Waals surface area contributed by atoms with Crippen LogP contribution in [0.3, 0.4) is 0 Å². The molecule has 1 aromatic rings. The van der Waals surface area contributed by atoms with E-state index in [0.29, 0.717) is 5.56 Å². The number of hydrogen-bond acceptors (Lipinski definition) is 2. The molecule has 0 unspecified atom stereocenters. The molecule has 21 heavy (non-hydrogen) atoms. The second-order valence-electron chi connectivity index (χ2n) is 5.95. The van der Waals surface area contributed by atoms with Crippen molar-refractivity contribution in [3.05, 3.63) is 35.9 Å². The normalized spacial score (nSPS) is 16.6. The van der Waals surface area contributed by atoms with Gasteiger partial charge in [0.1, 0.15) is 6.04 Å². The van der Waals surface area contributed by atoms with Crippen LogP contribution in [0.4, 0.5) is 0 Å². The van der Waals surface area contributed by atoms with E-state index >= 15 is 0 Å². The fourth-order valence-corrected chi connectivity index (χ4v) is 2.64. The van der Waals surface area contributed by atoms with E-state index < -0.39 is 6.04 Å². The Bertz CT molecular complexity index is 479. The number of piperidine rings is 1. The number of likely N-dealkylation sites (tertiary alicyclic amines) is 1. The van der Waals surface area contributed by atoms with Gasteiger partial charge in [0.15, 0.2) is 0 Å². The first-order valence-corrected chi connectivity index (χ1v) is 7.74. The van der Waals surface area contributed by atoms with E-state index in [1.807, 2.05) is 36.9 Å². The average molecular weight is 288 g/mol. The molecule has 1 N–H and O–H groups in total. The molecule has 1 atom stereocenters. The van der Waals surface area contributed by atoms with Gasteiger partial charge >= 0.3 is 0 Å². The molecule has 0 radical (unpaired) electrons. The molecule has 4 nitrogen and oxygen atoms in total. The molecule has 1 saturated heterocycles. The number of carbonyl (C=O) groups is 2. The Morgan fingerprint density at radius 3 is 2.24 bits per heavy atom. The third-order valence-electron chi connectivity index (χ3n) is 3.92. The highest BCUT2D eigenvalue weighted by Gasteiger charge is 2.29. The largest absolute Gasteiger partial charge is 0.341 e. The molecular weight excluding hydrogens is 264 g/mol. The predicted octanol–water partition coefficient (Wildman–Crippen LogP) is 2.45. The molecule has 1 heterocycles. The third kappa shape index (κ3) is 4.06. The predicted molar refractivity (Wildman–Crippen MR) is 83.0 cm³/mol. The first kappa shape index (κ1) is 15.5. The maximum absolute atomic E-state index is 12.6. The molecule has 0 saturated carbocycles. The number of rotatable bonds is 4. The number of nitrogens with one attached hydrogen (secondary N) is 1. The van der Waals surface area contributed by atoms with Gasteiger partial charge < -0.3 is 10.2 Å². The Morgan fingerprint density at radius 2 is 1.67 bits per heavy atom. The van der Waals surface area contributed by atoms with Crippen LogP contribution in [-0.4, -0.2) is 35.8 Å². The van der Waals surface area contributed by atoms with Gasteiger partial charge in [0.05, 0.1) is 0 Å². The van der Waals surface area contributed by atoms with E-state index in [0.717, 1.165) is 25.9 Å². The molecule has 1 aliphatic heterocycles. The Hall–Kier alpha value is -1.84. The molecule has 0 aliphatic carbocycles. The van der Waals surface area contributed by atoms with Crippen LogP contribution in [0.25, 0.3) is 0 Å². The van der Waals surface area contributed by atoms with Crippen molar-refractivity contribution in [2.75, 3.05) is 13.1 Å². The van der Waals surface area contributed by atoms with Crippen molar-refractivity contribution in [1.29, 1.82) is 0 Å². The lowest BCUT2D eigenvalue weighted by Gasteiger charge is -2.32. The van der Waals surface area contributed by atoms with Crippen molar-refractivity contribution < 1.29 is 9.59 Å². The van der Waals surface area contributed by atoms with Crippen LogP contribution in [0.5, 0.6) is 0 Å². The third-order valence-corrected chi connectivity index (χ3v) is 3.92. The molecule has 1 aromatic carbocycles. The fraction of sp³-hybridized carbons (Fsp3) is 0.529. The van der Waals surface area contributed by atoms with Crippen molar-refractivity contribution in [2.24, 2.45) is 5.92 Å². The highest BCUT2D eigenvalue weighted by atomic mass is 16.2. The van der Waals surface area contributed by atoms with Crippen LogP contribution in [0.1, 0.15) is 43.5 Å². The zero-order valence-corrected chi connectivity index (χ0v) is 12.8. The van der Waals surface area contributed by atoms with Gasteiger partial charge in [-0.1, -0.05) is 32.0 Å². The molecule has 0 bridgehead atoms. The average Bonchev–Trinajstić information content (AvgIpc) is 2.53. The van der Waals surface area contributed by atoms with Crippen LogP contribution >= 0.6 is 0 Å². The van der Waals surface area contributed by atoms with Crippen molar-refractivity contribution >= 4 is 11.8 Å². The monoisotopic (exact) mass is 288 g/mol. The number of nitrogens with zero attached hydrogens (tertiary/aromatic N) is 1. The number of amides is 2. The Kier molecular flexibility index (Phi) is 5.37. The summed E-state index contributed by atoms with van der Waals surface area (Å²) >= 11 is 0. The van der Waals surface area contributed by atoms with Crippen LogP contribution in [-0.2, 0) is 4.79 Å². The Labute approximate surface area is 126 Å². The fourth-order valence-electron chi connectivity index (χ4n) is 2.64. The minimum atomic E-state index is -0.448. The molecule has 1 aliphatic rings. The Balaban J connectivity index is 2.05. The van der Waals surface area contributed by atoms with Crippen LogP contribution < -0.4 is 5.32 Å². The summed E-state index contributed by atoms with van der Waals surface area (Å²) in [5, 5.41) is 2.90. The number of benzene rings is 1. The second-order valence-corrected chi connectivity index (χ2v) is 5.95. The van der Waals surface area contributed by atoms with Gasteiger partial charge in [-0.25, -0.2) is 0 Å². The van der Waals surface area contributed by atoms with Gasteiger partial charge in [-0.05, 0) is 37.3 Å². The summed E-state index contributed by atoms with van der Waals surface area (Å²) in [6.07, 6.45) is 3.30. The van der Waals surface area contributed by atoms with E-state index in [-0.39, 0.29) is 17.7 Å². The minimum absolute atomic E-state index is 0.0500. The van der Waals surface area contributed by atoms with Crippen LogP contribution in [0, 0.1) is 5.92 Å². The van der Waals surface area contributed by atoms with Gasteiger partial charge in [0.2, 0.25) is 5.91 Å². The molecule has 0 aromatic heterocycles. The molecule has 2 amide bonds. The lowest BCUT2D eigenvalue weighted by atomic mass is 10.0. The van der Waals surface area contributed by atoms with Crippen molar-refractivity contribution in [1.82, 2.24) is 10.2 Å². The molecule has 1 fully saturated rings. The SMILES string of the molecule is CC(C)[C@H](NC(=O)c1ccccc1)C(=O)N1CCCCC1. The van der Waals surface area contributed by atoms with E-state index in [1.165, 1.54) is 6.42 Å². The lowest BCUT2D eigenvalue weighted by molar-refractivity contribution is -0.135. The van der Waals surface area contributed by atoms with Gasteiger partial charge in [0.25, 0.3) is 5.91 Å². The van der Waals surface area contributed by atoms with Crippen LogP contribution in [0.15, 0.2) is 30.3 Å². The highest BCUT2D eigenvalue weighted by Crippen LogP contribution is 2.14. The molecular formula is C17H24N2O2. The topological polar surface area (TPSA) is 49.4 Å². The maximum atomic E-state index is 12.6. The summed E-state index contributed by atoms with van der Waals surface area (Å²) in [4.78, 5) is 26.8. The Morgan fingerprint density at radius 1 is 1.05 bits per heavy atom. The standard InChI is InChI=1S/C17H24N2O2/c1-13(2)15(17(21)19-11-7-4-8-12-19)18-16(20)14-9-5-3-6-10-14/h3,5-6,9-10,13,15H,4,7-8,11-12H2,1-2H3,(H,18,20)/t15-/m0/s1. The first-order chi connectivity index (χ1) is 10.1. The zero-order chi connectivity index (χ0) is 15.2. The van der Waals surface area contributed by atoms with E-state index in [4.69, 9.17) is 0 Å². The summed E-state index contributed by atoms with van der Waals surface area (Å²) in [6, 6.07) is 8.60. The first-order valence-electron chi connectivity index (χ1n) is 7.74. The maximum Gasteiger partial charge on any atom is 0.251 e. The molecule has 0 spiro atoms. The molecule has 4 heteroatoms. The number of carbonyl (C=O) groups excluding carboxylic acids is 2. The van der Waals surface area contributed by atoms with Crippen molar-refractivity contribution in [3.63, 3.8) is 0 Å². The van der Waals surface area contributed by atoms with Crippen molar-refractivity contribution in [2.45, 2.75) is 39.2 Å². The van der Waals surface area contributed by atoms with E-state index in [2.05, 4.69) is 5.32 Å². The summed E-state index contributed by atoms with van der Waals surface area (Å²) in [5.74, 6) is -0.0549. The summed E-state index contributed by atoms with van der Waals surface area (Å²) in [6.45, 7) is 5.56. The lowest BCUT2D eigenvalue weighted by Crippen LogP contribution is -2.52. The zero-order valence-electron chi connectivity index (χ0n) is 12.8. The van der Waals surface area contributed by atoms with Gasteiger partial charge in [-0.15, -0.1) is 0 Å². The van der Waals surface area contributed by atoms with Gasteiger partial charge in [-0.3, -0.25) is 9.59 Å². The van der Waals surface area contributed by atoms with Crippen LogP contribution in [0.2, 0.25) is 0 Å². The second kappa shape index (κ2) is 7.25. The summed E-state index contributed by atoms with van der Waals surface area (Å²) < 4.78 is 0. The van der Waals surface area contributed by atoms with E-state index in [9.17, 15) is 9.59 Å². The number of hydrogen-bond donors (Lipinski definition) is 1. The van der Waals surface area contributed by atoms with Gasteiger partial charge in [-0.2, -0.15) is 0 Å². The van der Waals surface area contributed by atoms with Crippen molar-refractivity contribution in [3.8, 4) is 0 Å². The summed E-state index contributed by atoms with van der Waals surface area (Å²) in [7, 11) is 0. The smallest absolute Gasteiger partial charge is 0.251 e.